The Hall–Kier alpha value is -1.30. The second-order valence-electron chi connectivity index (χ2n) is 6.71. The van der Waals surface area contributed by atoms with Gasteiger partial charge in [0, 0.05) is 26.2 Å². The van der Waals surface area contributed by atoms with Crippen molar-refractivity contribution >= 4 is 12.1 Å². The Morgan fingerprint density at radius 1 is 1.10 bits per heavy atom. The van der Waals surface area contributed by atoms with Crippen molar-refractivity contribution in [2.45, 2.75) is 51.7 Å². The molecule has 0 unspecified atom stereocenters. The smallest absolute Gasteiger partial charge is 0.410 e. The van der Waals surface area contributed by atoms with Crippen molar-refractivity contribution in [2.75, 3.05) is 32.8 Å². The summed E-state index contributed by atoms with van der Waals surface area (Å²) in [4.78, 5) is 27.9. The summed E-state index contributed by atoms with van der Waals surface area (Å²) >= 11 is 0. The van der Waals surface area contributed by atoms with Crippen LogP contribution in [0.4, 0.5) is 4.79 Å². The summed E-state index contributed by atoms with van der Waals surface area (Å²) in [5.74, 6) is -0.115. The van der Waals surface area contributed by atoms with Gasteiger partial charge >= 0.3 is 12.1 Å². The van der Waals surface area contributed by atoms with Gasteiger partial charge in [-0.3, -0.25) is 9.69 Å². The Morgan fingerprint density at radius 3 is 2.10 bits per heavy atom. The first-order chi connectivity index (χ1) is 9.78. The third kappa shape index (κ3) is 3.67. The topological polar surface area (TPSA) is 59.1 Å². The predicted molar refractivity (Wildman–Crippen MR) is 78.0 cm³/mol. The molecule has 0 bridgehead atoms. The second kappa shape index (κ2) is 5.83. The number of ether oxygens (including phenoxy) is 2. The number of carbonyl (C=O) groups is 2. The molecule has 1 heterocycles. The standard InChI is InChI=1S/C15H26N2O4/c1-5-20-12(18)15(6-7-15)17-10-8-16(9-11-17)13(19)21-14(2,3)4/h5-11H2,1-4H3. The fourth-order valence-electron chi connectivity index (χ4n) is 2.68. The first-order valence-electron chi connectivity index (χ1n) is 7.69. The zero-order chi connectivity index (χ0) is 15.7. The number of piperazine rings is 1. The molecule has 21 heavy (non-hydrogen) atoms. The summed E-state index contributed by atoms with van der Waals surface area (Å²) in [6.07, 6.45) is 1.44. The van der Waals surface area contributed by atoms with Crippen LogP contribution in [0.1, 0.15) is 40.5 Å². The Kier molecular flexibility index (Phi) is 4.46. The van der Waals surface area contributed by atoms with Gasteiger partial charge in [-0.05, 0) is 40.5 Å². The normalized spacial score (nSPS) is 21.8. The minimum atomic E-state index is -0.475. The van der Waals surface area contributed by atoms with E-state index in [0.29, 0.717) is 32.8 Å². The van der Waals surface area contributed by atoms with Crippen molar-refractivity contribution in [1.82, 2.24) is 9.80 Å². The van der Waals surface area contributed by atoms with E-state index in [9.17, 15) is 9.59 Å². The summed E-state index contributed by atoms with van der Waals surface area (Å²) in [5.41, 5.74) is -0.896. The maximum atomic E-state index is 12.1. The molecule has 0 aromatic heterocycles. The van der Waals surface area contributed by atoms with Crippen LogP contribution in [0, 0.1) is 0 Å². The summed E-state index contributed by atoms with van der Waals surface area (Å²) < 4.78 is 10.6. The minimum absolute atomic E-state index is 0.115. The SMILES string of the molecule is CCOC(=O)C1(N2CCN(C(=O)OC(C)(C)C)CC2)CC1. The third-order valence-corrected chi connectivity index (χ3v) is 3.92. The Labute approximate surface area is 126 Å². The van der Waals surface area contributed by atoms with Gasteiger partial charge in [0.15, 0.2) is 0 Å². The number of nitrogens with zero attached hydrogens (tertiary/aromatic N) is 2. The molecule has 0 atom stereocenters. The average molecular weight is 298 g/mol. The highest BCUT2D eigenvalue weighted by Crippen LogP contribution is 2.43. The molecule has 1 saturated heterocycles. The maximum Gasteiger partial charge on any atom is 0.410 e. The number of amides is 1. The highest BCUT2D eigenvalue weighted by atomic mass is 16.6. The minimum Gasteiger partial charge on any atom is -0.465 e. The zero-order valence-electron chi connectivity index (χ0n) is 13.5. The number of rotatable bonds is 3. The van der Waals surface area contributed by atoms with E-state index < -0.39 is 11.1 Å². The van der Waals surface area contributed by atoms with Gasteiger partial charge in [-0.25, -0.2) is 4.79 Å². The molecule has 120 valence electrons. The van der Waals surface area contributed by atoms with Gasteiger partial charge in [0.25, 0.3) is 0 Å². The van der Waals surface area contributed by atoms with Crippen LogP contribution in [-0.2, 0) is 14.3 Å². The molecule has 0 radical (unpaired) electrons. The van der Waals surface area contributed by atoms with Gasteiger partial charge in [0.2, 0.25) is 0 Å². The molecule has 6 heteroatoms. The van der Waals surface area contributed by atoms with Crippen molar-refractivity contribution in [3.05, 3.63) is 0 Å². The number of hydrogen-bond donors (Lipinski definition) is 0. The molecule has 0 aromatic carbocycles. The van der Waals surface area contributed by atoms with Crippen LogP contribution in [0.5, 0.6) is 0 Å². The zero-order valence-corrected chi connectivity index (χ0v) is 13.5. The average Bonchev–Trinajstić information content (AvgIpc) is 3.19. The first kappa shape index (κ1) is 16.1. The van der Waals surface area contributed by atoms with Gasteiger partial charge in [-0.1, -0.05) is 0 Å². The van der Waals surface area contributed by atoms with Crippen LogP contribution >= 0.6 is 0 Å². The molecule has 0 N–H and O–H groups in total. The van der Waals surface area contributed by atoms with Crippen LogP contribution in [0.25, 0.3) is 0 Å². The van der Waals surface area contributed by atoms with Crippen molar-refractivity contribution in [3.8, 4) is 0 Å². The highest BCUT2D eigenvalue weighted by Gasteiger charge is 2.56. The highest BCUT2D eigenvalue weighted by molar-refractivity contribution is 5.84. The molecule has 0 spiro atoms. The molecule has 1 aliphatic carbocycles. The van der Waals surface area contributed by atoms with E-state index in [1.165, 1.54) is 0 Å². The lowest BCUT2D eigenvalue weighted by Gasteiger charge is -2.38. The van der Waals surface area contributed by atoms with Gasteiger partial charge in [0.05, 0.1) is 6.61 Å². The number of esters is 1. The molecule has 2 aliphatic rings. The quantitative estimate of drug-likeness (QED) is 0.741. The van der Waals surface area contributed by atoms with Gasteiger partial charge in [-0.2, -0.15) is 0 Å². The van der Waals surface area contributed by atoms with Crippen LogP contribution in [-0.4, -0.2) is 65.8 Å². The van der Waals surface area contributed by atoms with Crippen LogP contribution in [0.3, 0.4) is 0 Å². The van der Waals surface area contributed by atoms with Crippen molar-refractivity contribution in [1.29, 1.82) is 0 Å². The summed E-state index contributed by atoms with van der Waals surface area (Å²) in [6, 6.07) is 0. The Bertz CT molecular complexity index is 404. The van der Waals surface area contributed by atoms with E-state index in [0.717, 1.165) is 12.8 Å². The van der Waals surface area contributed by atoms with Crippen molar-refractivity contribution in [2.24, 2.45) is 0 Å². The van der Waals surface area contributed by atoms with Crippen molar-refractivity contribution in [3.63, 3.8) is 0 Å². The summed E-state index contributed by atoms with van der Waals surface area (Å²) in [6.45, 7) is 10.4. The number of carbonyl (C=O) groups excluding carboxylic acids is 2. The molecule has 1 aliphatic heterocycles. The van der Waals surface area contributed by atoms with Gasteiger partial charge in [0.1, 0.15) is 11.1 Å². The Morgan fingerprint density at radius 2 is 1.67 bits per heavy atom. The van der Waals surface area contributed by atoms with E-state index in [-0.39, 0.29) is 12.1 Å². The van der Waals surface area contributed by atoms with E-state index in [1.54, 1.807) is 4.90 Å². The van der Waals surface area contributed by atoms with E-state index in [2.05, 4.69) is 4.90 Å². The van der Waals surface area contributed by atoms with Gasteiger partial charge < -0.3 is 14.4 Å². The molecule has 1 amide bonds. The molecule has 2 rings (SSSR count). The third-order valence-electron chi connectivity index (χ3n) is 3.92. The van der Waals surface area contributed by atoms with Gasteiger partial charge in [-0.15, -0.1) is 0 Å². The fourth-order valence-corrected chi connectivity index (χ4v) is 2.68. The monoisotopic (exact) mass is 298 g/mol. The molecule has 6 nitrogen and oxygen atoms in total. The van der Waals surface area contributed by atoms with Crippen LogP contribution in [0.15, 0.2) is 0 Å². The Balaban J connectivity index is 1.86. The number of hydrogen-bond acceptors (Lipinski definition) is 5. The molecule has 2 fully saturated rings. The predicted octanol–water partition coefficient (Wildman–Crippen LogP) is 1.63. The van der Waals surface area contributed by atoms with Crippen LogP contribution < -0.4 is 0 Å². The summed E-state index contributed by atoms with van der Waals surface area (Å²) in [7, 11) is 0. The molecule has 0 aromatic rings. The van der Waals surface area contributed by atoms with E-state index >= 15 is 0 Å². The largest absolute Gasteiger partial charge is 0.465 e. The molecular weight excluding hydrogens is 272 g/mol. The van der Waals surface area contributed by atoms with Crippen LogP contribution in [0.2, 0.25) is 0 Å². The van der Waals surface area contributed by atoms with E-state index in [1.807, 2.05) is 27.7 Å². The lowest BCUT2D eigenvalue weighted by Crippen LogP contribution is -2.56. The molecular formula is C15H26N2O4. The van der Waals surface area contributed by atoms with Crippen molar-refractivity contribution < 1.29 is 19.1 Å². The summed E-state index contributed by atoms with van der Waals surface area (Å²) in [5, 5.41) is 0. The molecule has 1 saturated carbocycles. The fraction of sp³-hybridized carbons (Fsp3) is 0.867. The lowest BCUT2D eigenvalue weighted by molar-refractivity contribution is -0.152. The van der Waals surface area contributed by atoms with E-state index in [4.69, 9.17) is 9.47 Å². The first-order valence-corrected chi connectivity index (χ1v) is 7.69. The maximum absolute atomic E-state index is 12.1. The second-order valence-corrected chi connectivity index (χ2v) is 6.71. The lowest BCUT2D eigenvalue weighted by atomic mass is 10.2.